The van der Waals surface area contributed by atoms with Crippen molar-refractivity contribution < 1.29 is 9.53 Å². The van der Waals surface area contributed by atoms with Gasteiger partial charge in [-0.2, -0.15) is 0 Å². The molecular weight excluding hydrogens is 234 g/mol. The van der Waals surface area contributed by atoms with Gasteiger partial charge >= 0.3 is 0 Å². The number of aromatic nitrogens is 2. The van der Waals surface area contributed by atoms with Crippen LogP contribution in [0.25, 0.3) is 0 Å². The number of nitrogens with two attached hydrogens (primary N) is 1. The Morgan fingerprint density at radius 1 is 1.33 bits per heavy atom. The number of hydrogen-bond donors (Lipinski definition) is 2. The molecule has 0 aliphatic heterocycles. The van der Waals surface area contributed by atoms with Crippen LogP contribution in [-0.4, -0.2) is 22.3 Å². The zero-order valence-electron chi connectivity index (χ0n) is 9.63. The van der Waals surface area contributed by atoms with Crippen molar-refractivity contribution in [2.24, 2.45) is 5.73 Å². The average Bonchev–Trinajstić information content (AvgIpc) is 2.78. The van der Waals surface area contributed by atoms with Crippen LogP contribution < -0.4 is 16.0 Å². The number of carbonyl (C=O) groups is 1. The maximum absolute atomic E-state index is 11.8. The van der Waals surface area contributed by atoms with Crippen molar-refractivity contribution in [3.05, 3.63) is 52.4 Å². The van der Waals surface area contributed by atoms with Gasteiger partial charge in [0.15, 0.2) is 6.61 Å². The molecule has 6 heteroatoms. The molecule has 6 nitrogen and oxygen atoms in total. The van der Waals surface area contributed by atoms with Crippen molar-refractivity contribution in [1.82, 2.24) is 9.78 Å². The fraction of sp³-hybridized carbons (Fsp3) is 0.167. The van der Waals surface area contributed by atoms with Crippen LogP contribution in [0.15, 0.2) is 41.2 Å². The highest BCUT2D eigenvalue weighted by molar-refractivity contribution is 5.80. The zero-order chi connectivity index (χ0) is 13.0. The lowest BCUT2D eigenvalue weighted by Gasteiger charge is -2.07. The van der Waals surface area contributed by atoms with Crippen LogP contribution >= 0.6 is 0 Å². The van der Waals surface area contributed by atoms with Crippen molar-refractivity contribution in [2.75, 3.05) is 6.61 Å². The number of benzene rings is 1. The standard InChI is InChI=1S/C12H13N3O3/c13-7-9-6-11(16)14-15(9)12(17)8-18-10-4-2-1-3-5-10/h1-6H,7-8,13H2,(H,14,16). The molecule has 0 amide bonds. The van der Waals surface area contributed by atoms with Crippen LogP contribution in [0.1, 0.15) is 10.5 Å². The molecule has 0 fully saturated rings. The maximum Gasteiger partial charge on any atom is 0.283 e. The van der Waals surface area contributed by atoms with E-state index in [1.54, 1.807) is 12.1 Å². The first-order valence-corrected chi connectivity index (χ1v) is 5.43. The van der Waals surface area contributed by atoms with Crippen LogP contribution in [0.2, 0.25) is 0 Å². The summed E-state index contributed by atoms with van der Waals surface area (Å²) in [6.07, 6.45) is 0. The van der Waals surface area contributed by atoms with Crippen LogP contribution in [0, 0.1) is 0 Å². The number of nitrogens with one attached hydrogen (secondary N) is 1. The smallest absolute Gasteiger partial charge is 0.283 e. The van der Waals surface area contributed by atoms with Gasteiger partial charge in [-0.25, -0.2) is 4.68 Å². The maximum atomic E-state index is 11.8. The molecule has 1 aromatic heterocycles. The molecule has 2 rings (SSSR count). The van der Waals surface area contributed by atoms with Gasteiger partial charge in [0, 0.05) is 12.6 Å². The predicted molar refractivity (Wildman–Crippen MR) is 65.5 cm³/mol. The van der Waals surface area contributed by atoms with Crippen LogP contribution in [-0.2, 0) is 6.54 Å². The molecule has 0 unspecified atom stereocenters. The normalized spacial score (nSPS) is 10.3. The summed E-state index contributed by atoms with van der Waals surface area (Å²) in [5.41, 5.74) is 5.51. The Labute approximate surface area is 103 Å². The van der Waals surface area contributed by atoms with Gasteiger partial charge in [0.2, 0.25) is 0 Å². The summed E-state index contributed by atoms with van der Waals surface area (Å²) in [7, 11) is 0. The van der Waals surface area contributed by atoms with E-state index >= 15 is 0 Å². The third-order valence-corrected chi connectivity index (χ3v) is 2.37. The highest BCUT2D eigenvalue weighted by Crippen LogP contribution is 2.08. The minimum Gasteiger partial charge on any atom is -0.484 e. The topological polar surface area (TPSA) is 90.1 Å². The fourth-order valence-corrected chi connectivity index (χ4v) is 1.53. The molecule has 0 atom stereocenters. The Hall–Kier alpha value is -2.34. The van der Waals surface area contributed by atoms with Crippen molar-refractivity contribution in [3.8, 4) is 5.75 Å². The molecule has 0 saturated heterocycles. The van der Waals surface area contributed by atoms with Crippen LogP contribution in [0.4, 0.5) is 0 Å². The van der Waals surface area contributed by atoms with Crippen molar-refractivity contribution in [3.63, 3.8) is 0 Å². The highest BCUT2D eigenvalue weighted by atomic mass is 16.5. The van der Waals surface area contributed by atoms with Gasteiger partial charge in [0.05, 0.1) is 5.69 Å². The number of carbonyl (C=O) groups excluding carboxylic acids is 1. The minimum absolute atomic E-state index is 0.107. The number of H-pyrrole nitrogens is 1. The molecule has 3 N–H and O–H groups in total. The quantitative estimate of drug-likeness (QED) is 0.816. The van der Waals surface area contributed by atoms with Gasteiger partial charge in [0.25, 0.3) is 11.5 Å². The SMILES string of the molecule is NCc1cc(=O)[nH]n1C(=O)COc1ccccc1. The molecule has 0 aliphatic rings. The summed E-state index contributed by atoms with van der Waals surface area (Å²) in [6, 6.07) is 10.3. The molecule has 0 aliphatic carbocycles. The summed E-state index contributed by atoms with van der Waals surface area (Å²) in [6.45, 7) is -0.0581. The molecule has 0 radical (unpaired) electrons. The first-order chi connectivity index (χ1) is 8.70. The summed E-state index contributed by atoms with van der Waals surface area (Å²) >= 11 is 0. The number of ether oxygens (including phenoxy) is 1. The second-order valence-electron chi connectivity index (χ2n) is 3.65. The predicted octanol–water partition coefficient (Wildman–Crippen LogP) is 0.354. The summed E-state index contributed by atoms with van der Waals surface area (Å²) in [4.78, 5) is 22.9. The average molecular weight is 247 g/mol. The molecule has 0 bridgehead atoms. The van der Waals surface area contributed by atoms with E-state index in [1.165, 1.54) is 6.07 Å². The largest absolute Gasteiger partial charge is 0.484 e. The lowest BCUT2D eigenvalue weighted by molar-refractivity contribution is 0.0817. The van der Waals surface area contributed by atoms with E-state index in [-0.39, 0.29) is 24.6 Å². The van der Waals surface area contributed by atoms with Crippen molar-refractivity contribution in [2.45, 2.75) is 6.54 Å². The van der Waals surface area contributed by atoms with Gasteiger partial charge in [-0.3, -0.25) is 14.7 Å². The Bertz CT molecular complexity index is 586. The van der Waals surface area contributed by atoms with Crippen molar-refractivity contribution >= 4 is 5.91 Å². The number of para-hydroxylation sites is 1. The van der Waals surface area contributed by atoms with E-state index in [4.69, 9.17) is 10.5 Å². The van der Waals surface area contributed by atoms with Gasteiger partial charge in [-0.15, -0.1) is 0 Å². The second kappa shape index (κ2) is 5.33. The van der Waals surface area contributed by atoms with E-state index in [0.29, 0.717) is 11.4 Å². The molecule has 0 spiro atoms. The molecular formula is C12H13N3O3. The Kier molecular flexibility index (Phi) is 3.59. The van der Waals surface area contributed by atoms with E-state index in [9.17, 15) is 9.59 Å². The van der Waals surface area contributed by atoms with E-state index < -0.39 is 0 Å². The Morgan fingerprint density at radius 3 is 2.72 bits per heavy atom. The van der Waals surface area contributed by atoms with Gasteiger partial charge < -0.3 is 10.5 Å². The molecule has 1 heterocycles. The van der Waals surface area contributed by atoms with Gasteiger partial charge in [0.1, 0.15) is 5.75 Å². The van der Waals surface area contributed by atoms with Crippen LogP contribution in [0.5, 0.6) is 5.75 Å². The number of hydrogen-bond acceptors (Lipinski definition) is 4. The summed E-state index contributed by atoms with van der Waals surface area (Å²) in [5, 5.41) is 2.38. The van der Waals surface area contributed by atoms with E-state index in [0.717, 1.165) is 4.68 Å². The first kappa shape index (κ1) is 12.1. The fourth-order valence-electron chi connectivity index (χ4n) is 1.53. The second-order valence-corrected chi connectivity index (χ2v) is 3.65. The van der Waals surface area contributed by atoms with Crippen LogP contribution in [0.3, 0.4) is 0 Å². The minimum atomic E-state index is -0.374. The summed E-state index contributed by atoms with van der Waals surface area (Å²) < 4.78 is 6.41. The molecule has 18 heavy (non-hydrogen) atoms. The Morgan fingerprint density at radius 2 is 2.06 bits per heavy atom. The van der Waals surface area contributed by atoms with E-state index in [2.05, 4.69) is 5.10 Å². The number of nitrogens with zero attached hydrogens (tertiary/aromatic N) is 1. The first-order valence-electron chi connectivity index (χ1n) is 5.43. The lowest BCUT2D eigenvalue weighted by Crippen LogP contribution is -2.24. The molecule has 1 aromatic carbocycles. The Balaban J connectivity index is 2.06. The molecule has 0 saturated carbocycles. The van der Waals surface area contributed by atoms with E-state index in [1.807, 2.05) is 18.2 Å². The van der Waals surface area contributed by atoms with Gasteiger partial charge in [-0.05, 0) is 12.1 Å². The van der Waals surface area contributed by atoms with Crippen molar-refractivity contribution in [1.29, 1.82) is 0 Å². The van der Waals surface area contributed by atoms with Gasteiger partial charge in [-0.1, -0.05) is 18.2 Å². The monoisotopic (exact) mass is 247 g/mol. The number of rotatable bonds is 4. The third kappa shape index (κ3) is 2.67. The zero-order valence-corrected chi connectivity index (χ0v) is 9.63. The number of aromatic amines is 1. The lowest BCUT2D eigenvalue weighted by atomic mass is 10.3. The third-order valence-electron chi connectivity index (χ3n) is 2.37. The highest BCUT2D eigenvalue weighted by Gasteiger charge is 2.11. The molecule has 94 valence electrons. The summed E-state index contributed by atoms with van der Waals surface area (Å²) in [5.74, 6) is 0.219. The molecule has 2 aromatic rings.